The topological polar surface area (TPSA) is 71.1 Å². The highest BCUT2D eigenvalue weighted by molar-refractivity contribution is 7.13. The number of anilines is 2. The minimum Gasteiger partial charge on any atom is -0.322 e. The highest BCUT2D eigenvalue weighted by atomic mass is 32.1. The lowest BCUT2D eigenvalue weighted by atomic mass is 10.1. The molecule has 2 N–H and O–H groups in total. The maximum absolute atomic E-state index is 13.8. The van der Waals surface area contributed by atoms with Crippen LogP contribution >= 0.6 is 11.3 Å². The zero-order valence-corrected chi connectivity index (χ0v) is 18.0. The third-order valence-electron chi connectivity index (χ3n) is 4.46. The summed E-state index contributed by atoms with van der Waals surface area (Å²) >= 11 is 1.14. The number of thiazole rings is 1. The standard InChI is InChI=1S/C22H19F4N3O2S/c1-3-6-18-27-12(2)19(32-18)21(31)29-17-10-9-13(11-15(17)22(24,25)26)28-20(30)14-7-4-5-8-16(14)23/h4-5,7-11H,3,6H2,1-2H3,(H,28,30)(H,29,31). The molecule has 10 heteroatoms. The van der Waals surface area contributed by atoms with Gasteiger partial charge >= 0.3 is 6.18 Å². The van der Waals surface area contributed by atoms with Crippen molar-refractivity contribution in [3.05, 3.63) is 75.0 Å². The van der Waals surface area contributed by atoms with Gasteiger partial charge < -0.3 is 10.6 Å². The SMILES string of the molecule is CCCc1nc(C)c(C(=O)Nc2ccc(NC(=O)c3ccccc3F)cc2C(F)(F)F)s1. The molecule has 0 atom stereocenters. The number of hydrogen-bond donors (Lipinski definition) is 2. The number of carbonyl (C=O) groups is 2. The van der Waals surface area contributed by atoms with Crippen molar-refractivity contribution in [2.75, 3.05) is 10.6 Å². The third-order valence-corrected chi connectivity index (χ3v) is 5.68. The summed E-state index contributed by atoms with van der Waals surface area (Å²) in [6.45, 7) is 3.58. The van der Waals surface area contributed by atoms with E-state index in [1.165, 1.54) is 24.3 Å². The number of nitrogens with one attached hydrogen (secondary N) is 2. The number of nitrogens with zero attached hydrogens (tertiary/aromatic N) is 1. The van der Waals surface area contributed by atoms with Crippen LogP contribution in [0, 0.1) is 12.7 Å². The first kappa shape index (κ1) is 23.4. The van der Waals surface area contributed by atoms with Gasteiger partial charge in [0.1, 0.15) is 10.7 Å². The summed E-state index contributed by atoms with van der Waals surface area (Å²) in [5.41, 5.74) is -1.66. The summed E-state index contributed by atoms with van der Waals surface area (Å²) in [5.74, 6) is -2.39. The van der Waals surface area contributed by atoms with Crippen molar-refractivity contribution in [2.24, 2.45) is 0 Å². The number of alkyl halides is 3. The smallest absolute Gasteiger partial charge is 0.322 e. The van der Waals surface area contributed by atoms with Crippen LogP contribution in [-0.2, 0) is 12.6 Å². The minimum absolute atomic E-state index is 0.192. The summed E-state index contributed by atoms with van der Waals surface area (Å²) in [6, 6.07) is 8.05. The van der Waals surface area contributed by atoms with E-state index in [0.717, 1.165) is 34.9 Å². The first-order chi connectivity index (χ1) is 15.1. The van der Waals surface area contributed by atoms with Crippen LogP contribution in [0.4, 0.5) is 28.9 Å². The van der Waals surface area contributed by atoms with Crippen molar-refractivity contribution in [2.45, 2.75) is 32.9 Å². The second kappa shape index (κ2) is 9.47. The molecular weight excluding hydrogens is 446 g/mol. The molecule has 0 saturated heterocycles. The maximum Gasteiger partial charge on any atom is 0.418 e. The van der Waals surface area contributed by atoms with Gasteiger partial charge in [-0.25, -0.2) is 9.37 Å². The fourth-order valence-electron chi connectivity index (χ4n) is 2.97. The fourth-order valence-corrected chi connectivity index (χ4v) is 4.03. The summed E-state index contributed by atoms with van der Waals surface area (Å²) < 4.78 is 54.7. The van der Waals surface area contributed by atoms with Crippen molar-refractivity contribution >= 4 is 34.5 Å². The summed E-state index contributed by atoms with van der Waals surface area (Å²) in [7, 11) is 0. The van der Waals surface area contributed by atoms with Crippen molar-refractivity contribution < 1.29 is 27.2 Å². The van der Waals surface area contributed by atoms with Gasteiger partial charge in [-0.3, -0.25) is 9.59 Å². The number of aromatic nitrogens is 1. The predicted molar refractivity (Wildman–Crippen MR) is 115 cm³/mol. The van der Waals surface area contributed by atoms with E-state index in [1.807, 2.05) is 6.92 Å². The van der Waals surface area contributed by atoms with Crippen molar-refractivity contribution in [3.8, 4) is 0 Å². The molecule has 168 valence electrons. The second-order valence-electron chi connectivity index (χ2n) is 6.92. The number of benzene rings is 2. The Kier molecular flexibility index (Phi) is 6.93. The van der Waals surface area contributed by atoms with Gasteiger partial charge in [-0.15, -0.1) is 11.3 Å². The Morgan fingerprint density at radius 1 is 1.06 bits per heavy atom. The third kappa shape index (κ3) is 5.31. The van der Waals surface area contributed by atoms with E-state index >= 15 is 0 Å². The fraction of sp³-hybridized carbons (Fsp3) is 0.227. The van der Waals surface area contributed by atoms with Crippen molar-refractivity contribution in [1.82, 2.24) is 4.98 Å². The maximum atomic E-state index is 13.8. The molecule has 0 aliphatic heterocycles. The van der Waals surface area contributed by atoms with E-state index < -0.39 is 35.1 Å². The molecule has 0 fully saturated rings. The Hall–Kier alpha value is -3.27. The molecule has 0 spiro atoms. The van der Waals surface area contributed by atoms with Gasteiger partial charge in [0, 0.05) is 5.69 Å². The van der Waals surface area contributed by atoms with Crippen LogP contribution in [0.3, 0.4) is 0 Å². The molecule has 5 nitrogen and oxygen atoms in total. The lowest BCUT2D eigenvalue weighted by Crippen LogP contribution is -2.18. The van der Waals surface area contributed by atoms with Crippen molar-refractivity contribution in [3.63, 3.8) is 0 Å². The lowest BCUT2D eigenvalue weighted by Gasteiger charge is -2.16. The molecule has 0 radical (unpaired) electrons. The Bertz CT molecular complexity index is 1160. The highest BCUT2D eigenvalue weighted by Gasteiger charge is 2.35. The van der Waals surface area contributed by atoms with Gasteiger partial charge in [0.15, 0.2) is 0 Å². The predicted octanol–water partition coefficient (Wildman–Crippen LogP) is 6.07. The molecule has 3 rings (SSSR count). The van der Waals surface area contributed by atoms with Crippen LogP contribution in [0.25, 0.3) is 0 Å². The molecule has 1 heterocycles. The van der Waals surface area contributed by atoms with Crippen LogP contribution in [0.1, 0.15) is 49.6 Å². The van der Waals surface area contributed by atoms with Gasteiger partial charge in [-0.05, 0) is 50.1 Å². The van der Waals surface area contributed by atoms with Crippen molar-refractivity contribution in [1.29, 1.82) is 0 Å². The second-order valence-corrected chi connectivity index (χ2v) is 8.00. The molecular formula is C22H19F4N3O2S. The van der Waals surface area contributed by atoms with Gasteiger partial charge in [-0.2, -0.15) is 13.2 Å². The van der Waals surface area contributed by atoms with Crippen LogP contribution in [0.2, 0.25) is 0 Å². The van der Waals surface area contributed by atoms with E-state index in [-0.39, 0.29) is 16.1 Å². The van der Waals surface area contributed by atoms with E-state index in [1.54, 1.807) is 6.92 Å². The molecule has 3 aromatic rings. The lowest BCUT2D eigenvalue weighted by molar-refractivity contribution is -0.136. The summed E-state index contributed by atoms with van der Waals surface area (Å²) in [5, 5.41) is 5.27. The Balaban J connectivity index is 1.87. The van der Waals surface area contributed by atoms with E-state index in [0.29, 0.717) is 18.2 Å². The Labute approximate surface area is 185 Å². The molecule has 0 bridgehead atoms. The largest absolute Gasteiger partial charge is 0.418 e. The molecule has 2 aromatic carbocycles. The average Bonchev–Trinajstić information content (AvgIpc) is 3.09. The first-order valence-corrected chi connectivity index (χ1v) is 10.5. The van der Waals surface area contributed by atoms with Crippen LogP contribution < -0.4 is 10.6 Å². The molecule has 0 aliphatic rings. The molecule has 0 unspecified atom stereocenters. The highest BCUT2D eigenvalue weighted by Crippen LogP contribution is 2.37. The van der Waals surface area contributed by atoms with Gasteiger partial charge in [0.2, 0.25) is 0 Å². The van der Waals surface area contributed by atoms with Gasteiger partial charge in [0.05, 0.1) is 27.5 Å². The zero-order valence-electron chi connectivity index (χ0n) is 17.1. The average molecular weight is 465 g/mol. The van der Waals surface area contributed by atoms with Crippen LogP contribution in [0.5, 0.6) is 0 Å². The van der Waals surface area contributed by atoms with Gasteiger partial charge in [0.25, 0.3) is 11.8 Å². The first-order valence-electron chi connectivity index (χ1n) is 9.65. The monoisotopic (exact) mass is 465 g/mol. The molecule has 2 amide bonds. The number of rotatable bonds is 6. The normalized spacial score (nSPS) is 11.3. The molecule has 1 aromatic heterocycles. The van der Waals surface area contributed by atoms with Crippen LogP contribution in [0.15, 0.2) is 42.5 Å². The minimum atomic E-state index is -4.81. The number of carbonyl (C=O) groups excluding carboxylic acids is 2. The van der Waals surface area contributed by atoms with Gasteiger partial charge in [-0.1, -0.05) is 19.1 Å². The quantitative estimate of drug-likeness (QED) is 0.434. The number of amides is 2. The summed E-state index contributed by atoms with van der Waals surface area (Å²) in [6.07, 6.45) is -3.31. The number of halogens is 4. The van der Waals surface area contributed by atoms with E-state index in [9.17, 15) is 27.2 Å². The number of aryl methyl sites for hydroxylation is 2. The Morgan fingerprint density at radius 2 is 1.78 bits per heavy atom. The molecule has 32 heavy (non-hydrogen) atoms. The molecule has 0 saturated carbocycles. The molecule has 0 aliphatic carbocycles. The summed E-state index contributed by atoms with van der Waals surface area (Å²) in [4.78, 5) is 29.3. The zero-order chi connectivity index (χ0) is 23.5. The van der Waals surface area contributed by atoms with Crippen LogP contribution in [-0.4, -0.2) is 16.8 Å². The van der Waals surface area contributed by atoms with E-state index in [4.69, 9.17) is 0 Å². The van der Waals surface area contributed by atoms with E-state index in [2.05, 4.69) is 15.6 Å². The number of hydrogen-bond acceptors (Lipinski definition) is 4. The Morgan fingerprint density at radius 3 is 2.44 bits per heavy atom.